The van der Waals surface area contributed by atoms with Gasteiger partial charge in [-0.15, -0.1) is 0 Å². The Morgan fingerprint density at radius 1 is 1.04 bits per heavy atom. The first-order chi connectivity index (χ1) is 11.3. The van der Waals surface area contributed by atoms with Gasteiger partial charge in [0.2, 0.25) is 5.91 Å². The summed E-state index contributed by atoms with van der Waals surface area (Å²) in [5, 5.41) is 0. The minimum Gasteiger partial charge on any atom is -0.334 e. The van der Waals surface area contributed by atoms with Crippen molar-refractivity contribution >= 4 is 12.0 Å². The number of hydrogen-bond acceptors (Lipinski definition) is 2. The molecule has 1 amide bonds. The molecule has 0 spiro atoms. The summed E-state index contributed by atoms with van der Waals surface area (Å²) in [7, 11) is 0. The molecule has 0 aromatic heterocycles. The summed E-state index contributed by atoms with van der Waals surface area (Å²) in [5.74, 6) is 0.369. The third kappa shape index (κ3) is 2.51. The maximum absolute atomic E-state index is 12.3. The molecule has 23 heavy (non-hydrogen) atoms. The number of piperazine rings is 1. The summed E-state index contributed by atoms with van der Waals surface area (Å²) in [6.45, 7) is 3.02. The quantitative estimate of drug-likeness (QED) is 0.852. The Labute approximate surface area is 139 Å². The molecule has 3 aliphatic rings. The van der Waals surface area contributed by atoms with E-state index >= 15 is 0 Å². The average Bonchev–Trinajstić information content (AvgIpc) is 3.09. The molecular formula is C20H26N2O. The molecule has 3 aliphatic heterocycles. The summed E-state index contributed by atoms with van der Waals surface area (Å²) >= 11 is 0. The number of carbonyl (C=O) groups excluding carboxylic acids is 1. The molecule has 122 valence electrons. The number of nitrogens with zero attached hydrogens (tertiary/aromatic N) is 2. The van der Waals surface area contributed by atoms with Crippen LogP contribution >= 0.6 is 0 Å². The highest BCUT2D eigenvalue weighted by atomic mass is 16.2. The van der Waals surface area contributed by atoms with Crippen LogP contribution in [0.5, 0.6) is 0 Å². The van der Waals surface area contributed by atoms with Crippen molar-refractivity contribution in [3.8, 4) is 0 Å². The molecule has 4 rings (SSSR count). The van der Waals surface area contributed by atoms with Gasteiger partial charge in [-0.05, 0) is 31.2 Å². The zero-order valence-corrected chi connectivity index (χ0v) is 13.9. The molecule has 0 N–H and O–H groups in total. The SMILES string of the molecule is CCC(=O)N1C2CCC1C1CCC2N1CC=Cc1ccccc1. The Kier molecular flexibility index (Phi) is 3.98. The van der Waals surface area contributed by atoms with Crippen LogP contribution in [-0.4, -0.2) is 46.4 Å². The summed E-state index contributed by atoms with van der Waals surface area (Å²) in [6, 6.07) is 12.6. The molecule has 4 atom stereocenters. The van der Waals surface area contributed by atoms with Crippen LogP contribution in [0.15, 0.2) is 36.4 Å². The summed E-state index contributed by atoms with van der Waals surface area (Å²) in [4.78, 5) is 17.3. The Morgan fingerprint density at radius 3 is 2.26 bits per heavy atom. The zero-order valence-electron chi connectivity index (χ0n) is 13.9. The molecule has 0 radical (unpaired) electrons. The van der Waals surface area contributed by atoms with Gasteiger partial charge in [0.25, 0.3) is 0 Å². The van der Waals surface area contributed by atoms with Gasteiger partial charge in [0.15, 0.2) is 0 Å². The molecule has 3 nitrogen and oxygen atoms in total. The maximum Gasteiger partial charge on any atom is 0.222 e. The minimum atomic E-state index is 0.369. The van der Waals surface area contributed by atoms with Crippen molar-refractivity contribution in [1.29, 1.82) is 0 Å². The molecule has 4 unspecified atom stereocenters. The maximum atomic E-state index is 12.3. The van der Waals surface area contributed by atoms with E-state index < -0.39 is 0 Å². The number of fused-ring (bicyclic) bond motifs is 6. The lowest BCUT2D eigenvalue weighted by atomic mass is 10.0. The highest BCUT2D eigenvalue weighted by Crippen LogP contribution is 2.45. The van der Waals surface area contributed by atoms with Gasteiger partial charge in [-0.1, -0.05) is 49.4 Å². The normalized spacial score (nSPS) is 32.8. The van der Waals surface area contributed by atoms with Crippen molar-refractivity contribution in [2.45, 2.75) is 63.2 Å². The van der Waals surface area contributed by atoms with Crippen LogP contribution < -0.4 is 0 Å². The molecular weight excluding hydrogens is 284 g/mol. The second kappa shape index (κ2) is 6.12. The Balaban J connectivity index is 1.48. The highest BCUT2D eigenvalue weighted by molar-refractivity contribution is 5.77. The van der Waals surface area contributed by atoms with E-state index in [1.54, 1.807) is 0 Å². The van der Waals surface area contributed by atoms with E-state index in [-0.39, 0.29) is 0 Å². The van der Waals surface area contributed by atoms with Crippen molar-refractivity contribution in [2.75, 3.05) is 6.54 Å². The molecule has 1 aromatic rings. The van der Waals surface area contributed by atoms with Crippen LogP contribution in [0.4, 0.5) is 0 Å². The van der Waals surface area contributed by atoms with Gasteiger partial charge < -0.3 is 4.90 Å². The average molecular weight is 310 g/mol. The van der Waals surface area contributed by atoms with E-state index in [1.807, 2.05) is 6.92 Å². The lowest BCUT2D eigenvalue weighted by Gasteiger charge is -2.46. The van der Waals surface area contributed by atoms with E-state index in [1.165, 1.54) is 31.2 Å². The molecule has 3 saturated heterocycles. The fourth-order valence-corrected chi connectivity index (χ4v) is 5.07. The standard InChI is InChI=1S/C20H26N2O/c1-2-20(23)22-18-12-13-19(22)17-11-10-16(18)21(17)14-6-9-15-7-4-3-5-8-15/h3-9,16-19H,2,10-14H2,1H3. The van der Waals surface area contributed by atoms with Crippen LogP contribution in [0.2, 0.25) is 0 Å². The second-order valence-corrected chi connectivity index (χ2v) is 7.09. The smallest absolute Gasteiger partial charge is 0.222 e. The number of amides is 1. The van der Waals surface area contributed by atoms with Crippen LogP contribution in [0.1, 0.15) is 44.6 Å². The topological polar surface area (TPSA) is 23.6 Å². The van der Waals surface area contributed by atoms with Gasteiger partial charge in [-0.25, -0.2) is 0 Å². The number of hydrogen-bond donors (Lipinski definition) is 0. The summed E-state index contributed by atoms with van der Waals surface area (Å²) in [5.41, 5.74) is 1.27. The largest absolute Gasteiger partial charge is 0.334 e. The second-order valence-electron chi connectivity index (χ2n) is 7.09. The first-order valence-electron chi connectivity index (χ1n) is 9.08. The van der Waals surface area contributed by atoms with Gasteiger partial charge in [0, 0.05) is 37.1 Å². The van der Waals surface area contributed by atoms with E-state index in [2.05, 4.69) is 52.3 Å². The molecule has 1 aromatic carbocycles. The van der Waals surface area contributed by atoms with Crippen molar-refractivity contribution in [3.63, 3.8) is 0 Å². The summed E-state index contributed by atoms with van der Waals surface area (Å²) < 4.78 is 0. The number of rotatable bonds is 4. The first-order valence-corrected chi connectivity index (χ1v) is 9.08. The fourth-order valence-electron chi connectivity index (χ4n) is 5.07. The van der Waals surface area contributed by atoms with E-state index in [0.29, 0.717) is 36.5 Å². The van der Waals surface area contributed by atoms with Gasteiger partial charge in [0.1, 0.15) is 0 Å². The van der Waals surface area contributed by atoms with Crippen LogP contribution in [0.25, 0.3) is 6.08 Å². The van der Waals surface area contributed by atoms with Crippen molar-refractivity contribution in [1.82, 2.24) is 9.80 Å². The molecule has 0 saturated carbocycles. The molecule has 4 bridgehead atoms. The predicted molar refractivity (Wildman–Crippen MR) is 92.9 cm³/mol. The predicted octanol–water partition coefficient (Wildman–Crippen LogP) is 3.32. The third-order valence-electron chi connectivity index (χ3n) is 5.99. The van der Waals surface area contributed by atoms with Crippen molar-refractivity contribution < 1.29 is 4.79 Å². The molecule has 3 heteroatoms. The van der Waals surface area contributed by atoms with Crippen LogP contribution in [0.3, 0.4) is 0 Å². The number of carbonyl (C=O) groups is 1. The minimum absolute atomic E-state index is 0.369. The molecule has 3 heterocycles. The van der Waals surface area contributed by atoms with Crippen molar-refractivity contribution in [3.05, 3.63) is 42.0 Å². The van der Waals surface area contributed by atoms with Gasteiger partial charge >= 0.3 is 0 Å². The summed E-state index contributed by atoms with van der Waals surface area (Å²) in [6.07, 6.45) is 10.1. The van der Waals surface area contributed by atoms with E-state index in [4.69, 9.17) is 0 Å². The number of benzene rings is 1. The Morgan fingerprint density at radius 2 is 1.65 bits per heavy atom. The fraction of sp³-hybridized carbons (Fsp3) is 0.550. The van der Waals surface area contributed by atoms with E-state index in [9.17, 15) is 4.79 Å². The van der Waals surface area contributed by atoms with Gasteiger partial charge in [-0.2, -0.15) is 0 Å². The van der Waals surface area contributed by atoms with Crippen LogP contribution in [-0.2, 0) is 4.79 Å². The van der Waals surface area contributed by atoms with E-state index in [0.717, 1.165) is 6.54 Å². The van der Waals surface area contributed by atoms with Gasteiger partial charge in [0.05, 0.1) is 0 Å². The Hall–Kier alpha value is -1.61. The molecule has 0 aliphatic carbocycles. The molecule has 3 fully saturated rings. The lowest BCUT2D eigenvalue weighted by Crippen LogP contribution is -2.61. The van der Waals surface area contributed by atoms with Crippen LogP contribution in [0, 0.1) is 0 Å². The third-order valence-corrected chi connectivity index (χ3v) is 5.99. The monoisotopic (exact) mass is 310 g/mol. The highest BCUT2D eigenvalue weighted by Gasteiger charge is 2.55. The van der Waals surface area contributed by atoms with Gasteiger partial charge in [-0.3, -0.25) is 9.69 Å². The zero-order chi connectivity index (χ0) is 15.8. The first kappa shape index (κ1) is 14.9. The lowest BCUT2D eigenvalue weighted by molar-refractivity contribution is -0.139. The Bertz CT molecular complexity index is 577. The van der Waals surface area contributed by atoms with Crippen molar-refractivity contribution in [2.24, 2.45) is 0 Å².